The highest BCUT2D eigenvalue weighted by Gasteiger charge is 2.32. The average molecular weight is 328 g/mol. The number of sulfone groups is 1. The van der Waals surface area contributed by atoms with Crippen LogP contribution in [-0.2, 0) is 14.6 Å². The molecule has 1 aromatic rings. The van der Waals surface area contributed by atoms with Gasteiger partial charge < -0.3 is 10.4 Å². The molecule has 0 radical (unpaired) electrons. The molecule has 124 valence electrons. The normalized spacial score (nSPS) is 13.9. The summed E-state index contributed by atoms with van der Waals surface area (Å²) in [5.41, 5.74) is 0.487. The zero-order valence-corrected chi connectivity index (χ0v) is 14.4. The van der Waals surface area contributed by atoms with Crippen molar-refractivity contribution in [1.82, 2.24) is 4.98 Å². The summed E-state index contributed by atoms with van der Waals surface area (Å²) in [4.78, 5) is 15.2. The summed E-state index contributed by atoms with van der Waals surface area (Å²) >= 11 is 0. The van der Waals surface area contributed by atoms with Crippen LogP contribution in [0.15, 0.2) is 23.4 Å². The highest BCUT2D eigenvalue weighted by molar-refractivity contribution is 7.92. The van der Waals surface area contributed by atoms with Crippen LogP contribution in [0.4, 0.5) is 5.69 Å². The molecule has 1 aromatic heterocycles. The van der Waals surface area contributed by atoms with E-state index in [9.17, 15) is 18.3 Å². The van der Waals surface area contributed by atoms with E-state index in [0.717, 1.165) is 0 Å². The van der Waals surface area contributed by atoms with Gasteiger partial charge in [-0.05, 0) is 45.2 Å². The minimum Gasteiger partial charge on any atom is -0.480 e. The first kappa shape index (κ1) is 18.4. The van der Waals surface area contributed by atoms with Gasteiger partial charge in [-0.2, -0.15) is 0 Å². The maximum absolute atomic E-state index is 12.3. The van der Waals surface area contributed by atoms with Crippen molar-refractivity contribution in [3.05, 3.63) is 18.3 Å². The standard InChI is InChI=1S/C15H24N2O4S/c1-10(2)8-12(14(18)19)17-11-6-7-13(16-9-11)22(20,21)15(3,4)5/h6-7,9-10,12,17H,8H2,1-5H3,(H,18,19)/t12-/m0/s1. The van der Waals surface area contributed by atoms with Crippen LogP contribution in [0.1, 0.15) is 41.0 Å². The summed E-state index contributed by atoms with van der Waals surface area (Å²) in [6.45, 7) is 8.71. The number of aromatic nitrogens is 1. The molecule has 2 N–H and O–H groups in total. The molecular weight excluding hydrogens is 304 g/mol. The van der Waals surface area contributed by atoms with E-state index in [1.165, 1.54) is 12.3 Å². The average Bonchev–Trinajstić information content (AvgIpc) is 2.36. The molecule has 0 saturated carbocycles. The number of hydrogen-bond donors (Lipinski definition) is 2. The lowest BCUT2D eigenvalue weighted by atomic mass is 10.0. The molecule has 0 bridgehead atoms. The molecule has 1 heterocycles. The fourth-order valence-electron chi connectivity index (χ4n) is 1.83. The van der Waals surface area contributed by atoms with Gasteiger partial charge >= 0.3 is 5.97 Å². The monoisotopic (exact) mass is 328 g/mol. The Bertz CT molecular complexity index is 616. The van der Waals surface area contributed by atoms with Gasteiger partial charge in [-0.15, -0.1) is 0 Å². The minimum absolute atomic E-state index is 0.0127. The second-order valence-corrected chi connectivity index (χ2v) is 9.32. The predicted octanol–water partition coefficient (Wildman–Crippen LogP) is 2.57. The van der Waals surface area contributed by atoms with E-state index in [-0.39, 0.29) is 10.9 Å². The molecule has 0 aliphatic rings. The van der Waals surface area contributed by atoms with Crippen LogP contribution < -0.4 is 5.32 Å². The van der Waals surface area contributed by atoms with E-state index in [1.807, 2.05) is 13.8 Å². The molecule has 6 nitrogen and oxygen atoms in total. The van der Waals surface area contributed by atoms with Gasteiger partial charge in [0, 0.05) is 0 Å². The van der Waals surface area contributed by atoms with Crippen LogP contribution in [-0.4, -0.2) is 35.3 Å². The van der Waals surface area contributed by atoms with Crippen molar-refractivity contribution >= 4 is 21.5 Å². The van der Waals surface area contributed by atoms with Crippen molar-refractivity contribution < 1.29 is 18.3 Å². The summed E-state index contributed by atoms with van der Waals surface area (Å²) in [5.74, 6) is -0.720. The number of carbonyl (C=O) groups is 1. The maximum Gasteiger partial charge on any atom is 0.326 e. The van der Waals surface area contributed by atoms with Crippen LogP contribution in [0.25, 0.3) is 0 Å². The number of hydrogen-bond acceptors (Lipinski definition) is 5. The molecule has 0 amide bonds. The molecule has 0 fully saturated rings. The fourth-order valence-corrected chi connectivity index (χ4v) is 2.90. The summed E-state index contributed by atoms with van der Waals surface area (Å²) in [6, 6.07) is 2.21. The van der Waals surface area contributed by atoms with E-state index in [2.05, 4.69) is 10.3 Å². The second kappa shape index (κ2) is 6.64. The van der Waals surface area contributed by atoms with Crippen molar-refractivity contribution in [1.29, 1.82) is 0 Å². The number of carboxylic acids is 1. The number of carboxylic acid groups (broad SMARTS) is 1. The maximum atomic E-state index is 12.3. The Morgan fingerprint density at radius 3 is 2.27 bits per heavy atom. The number of nitrogens with one attached hydrogen (secondary N) is 1. The Hall–Kier alpha value is -1.63. The Morgan fingerprint density at radius 2 is 1.91 bits per heavy atom. The topological polar surface area (TPSA) is 96.4 Å². The van der Waals surface area contributed by atoms with Crippen molar-refractivity contribution in [3.63, 3.8) is 0 Å². The van der Waals surface area contributed by atoms with Crippen LogP contribution >= 0.6 is 0 Å². The zero-order chi connectivity index (χ0) is 17.1. The Kier molecular flexibility index (Phi) is 5.56. The lowest BCUT2D eigenvalue weighted by Crippen LogP contribution is -2.31. The molecule has 0 aromatic carbocycles. The molecule has 1 atom stereocenters. The van der Waals surface area contributed by atoms with Crippen LogP contribution in [0.5, 0.6) is 0 Å². The molecule has 0 aliphatic heterocycles. The molecular formula is C15H24N2O4S. The lowest BCUT2D eigenvalue weighted by Gasteiger charge is -2.20. The third-order valence-corrected chi connectivity index (χ3v) is 5.57. The zero-order valence-electron chi connectivity index (χ0n) is 13.6. The van der Waals surface area contributed by atoms with Gasteiger partial charge in [0.25, 0.3) is 0 Å². The Morgan fingerprint density at radius 1 is 1.32 bits per heavy atom. The van der Waals surface area contributed by atoms with Gasteiger partial charge in [-0.3, -0.25) is 0 Å². The van der Waals surface area contributed by atoms with Gasteiger partial charge in [0.1, 0.15) is 6.04 Å². The van der Waals surface area contributed by atoms with Gasteiger partial charge in [-0.25, -0.2) is 18.2 Å². The second-order valence-electron chi connectivity index (χ2n) is 6.67. The number of aliphatic carboxylic acids is 1. The lowest BCUT2D eigenvalue weighted by molar-refractivity contribution is -0.138. The van der Waals surface area contributed by atoms with Gasteiger partial charge in [0.15, 0.2) is 14.9 Å². The van der Waals surface area contributed by atoms with Crippen molar-refractivity contribution in [2.75, 3.05) is 5.32 Å². The summed E-state index contributed by atoms with van der Waals surface area (Å²) in [5, 5.41) is 12.1. The molecule has 0 spiro atoms. The largest absolute Gasteiger partial charge is 0.480 e. The third-order valence-electron chi connectivity index (χ3n) is 3.16. The predicted molar refractivity (Wildman–Crippen MR) is 85.7 cm³/mol. The summed E-state index contributed by atoms with van der Waals surface area (Å²) < 4.78 is 23.6. The van der Waals surface area contributed by atoms with Crippen LogP contribution in [0.3, 0.4) is 0 Å². The van der Waals surface area contributed by atoms with Crippen molar-refractivity contribution in [2.45, 2.75) is 56.9 Å². The third kappa shape index (κ3) is 4.43. The summed E-state index contributed by atoms with van der Waals surface area (Å²) in [6.07, 6.45) is 1.83. The molecule has 1 rings (SSSR count). The smallest absolute Gasteiger partial charge is 0.326 e. The van der Waals surface area contributed by atoms with E-state index >= 15 is 0 Å². The summed E-state index contributed by atoms with van der Waals surface area (Å²) in [7, 11) is -3.51. The van der Waals surface area contributed by atoms with Gasteiger partial charge in [-0.1, -0.05) is 13.8 Å². The molecule has 0 saturated heterocycles. The molecule has 22 heavy (non-hydrogen) atoms. The van der Waals surface area contributed by atoms with E-state index in [1.54, 1.807) is 26.8 Å². The van der Waals surface area contributed by atoms with E-state index in [0.29, 0.717) is 12.1 Å². The highest BCUT2D eigenvalue weighted by atomic mass is 32.2. The SMILES string of the molecule is CC(C)C[C@H](Nc1ccc(S(=O)(=O)C(C)(C)C)nc1)C(=O)O. The van der Waals surface area contributed by atoms with Crippen molar-refractivity contribution in [3.8, 4) is 0 Å². The molecule has 0 aliphatic carbocycles. The first-order valence-corrected chi connectivity index (χ1v) is 8.63. The fraction of sp³-hybridized carbons (Fsp3) is 0.600. The first-order chi connectivity index (χ1) is 9.95. The number of pyridine rings is 1. The van der Waals surface area contributed by atoms with E-state index < -0.39 is 26.6 Å². The molecule has 0 unspecified atom stereocenters. The van der Waals surface area contributed by atoms with Gasteiger partial charge in [0.2, 0.25) is 0 Å². The van der Waals surface area contributed by atoms with Crippen LogP contribution in [0, 0.1) is 5.92 Å². The Labute approximate surface area is 131 Å². The quantitative estimate of drug-likeness (QED) is 0.833. The van der Waals surface area contributed by atoms with Crippen molar-refractivity contribution in [2.24, 2.45) is 5.92 Å². The van der Waals surface area contributed by atoms with E-state index in [4.69, 9.17) is 0 Å². The highest BCUT2D eigenvalue weighted by Crippen LogP contribution is 2.24. The number of anilines is 1. The number of nitrogens with zero attached hydrogens (tertiary/aromatic N) is 1. The Balaban J connectivity index is 2.96. The minimum atomic E-state index is -3.51. The molecule has 7 heteroatoms. The number of rotatable bonds is 6. The van der Waals surface area contributed by atoms with Crippen LogP contribution in [0.2, 0.25) is 0 Å². The van der Waals surface area contributed by atoms with Gasteiger partial charge in [0.05, 0.1) is 16.6 Å². The first-order valence-electron chi connectivity index (χ1n) is 7.15.